The van der Waals surface area contributed by atoms with Crippen LogP contribution >= 0.6 is 0 Å². The van der Waals surface area contributed by atoms with Crippen LogP contribution in [0.15, 0.2) is 24.3 Å². The third-order valence-electron chi connectivity index (χ3n) is 4.59. The van der Waals surface area contributed by atoms with E-state index >= 15 is 0 Å². The lowest BCUT2D eigenvalue weighted by atomic mass is 10.0. The SMILES string of the molecule is CC(Oc1cccc(F)c1)C(=O)NCCCCN1CCCCC1C. The molecule has 1 aromatic rings. The number of rotatable bonds is 8. The zero-order chi connectivity index (χ0) is 17.4. The van der Waals surface area contributed by atoms with Crippen molar-refractivity contribution >= 4 is 5.91 Å². The lowest BCUT2D eigenvalue weighted by molar-refractivity contribution is -0.127. The van der Waals surface area contributed by atoms with E-state index in [2.05, 4.69) is 17.1 Å². The average Bonchev–Trinajstić information content (AvgIpc) is 2.56. The molecular weight excluding hydrogens is 307 g/mol. The second-order valence-electron chi connectivity index (χ2n) is 6.60. The predicted octanol–water partition coefficient (Wildman–Crippen LogP) is 3.36. The molecule has 2 unspecified atom stereocenters. The fourth-order valence-corrected chi connectivity index (χ4v) is 3.08. The van der Waals surface area contributed by atoms with Gasteiger partial charge < -0.3 is 15.0 Å². The highest BCUT2D eigenvalue weighted by molar-refractivity contribution is 5.80. The van der Waals surface area contributed by atoms with Crippen LogP contribution in [0.25, 0.3) is 0 Å². The van der Waals surface area contributed by atoms with E-state index in [9.17, 15) is 9.18 Å². The minimum absolute atomic E-state index is 0.161. The van der Waals surface area contributed by atoms with E-state index in [-0.39, 0.29) is 11.7 Å². The van der Waals surface area contributed by atoms with Gasteiger partial charge in [-0.05, 0) is 64.8 Å². The van der Waals surface area contributed by atoms with Gasteiger partial charge >= 0.3 is 0 Å². The fraction of sp³-hybridized carbons (Fsp3) is 0.632. The third kappa shape index (κ3) is 6.11. The van der Waals surface area contributed by atoms with Crippen molar-refractivity contribution in [1.29, 1.82) is 0 Å². The van der Waals surface area contributed by atoms with E-state index in [1.165, 1.54) is 37.9 Å². The maximum atomic E-state index is 13.1. The van der Waals surface area contributed by atoms with Crippen molar-refractivity contribution in [3.05, 3.63) is 30.1 Å². The van der Waals surface area contributed by atoms with Crippen LogP contribution < -0.4 is 10.1 Å². The Morgan fingerprint density at radius 2 is 2.25 bits per heavy atom. The summed E-state index contributed by atoms with van der Waals surface area (Å²) in [6, 6.07) is 6.53. The molecule has 1 heterocycles. The second-order valence-corrected chi connectivity index (χ2v) is 6.60. The lowest BCUT2D eigenvalue weighted by Crippen LogP contribution is -2.39. The van der Waals surface area contributed by atoms with Gasteiger partial charge in [0.1, 0.15) is 11.6 Å². The number of likely N-dealkylation sites (tertiary alicyclic amines) is 1. The molecule has 1 aromatic carbocycles. The average molecular weight is 336 g/mol. The zero-order valence-corrected chi connectivity index (χ0v) is 14.8. The number of carbonyl (C=O) groups excluding carboxylic acids is 1. The van der Waals surface area contributed by atoms with E-state index in [0.29, 0.717) is 18.3 Å². The standard InChI is InChI=1S/C19H29FN2O2/c1-15-8-3-5-12-22(15)13-6-4-11-21-19(23)16(2)24-18-10-7-9-17(20)14-18/h7,9-10,14-16H,3-6,8,11-13H2,1-2H3,(H,21,23). The molecule has 1 N–H and O–H groups in total. The van der Waals surface area contributed by atoms with Gasteiger partial charge in [0.2, 0.25) is 0 Å². The molecule has 2 atom stereocenters. The molecule has 2 rings (SSSR count). The van der Waals surface area contributed by atoms with Crippen molar-refractivity contribution in [1.82, 2.24) is 10.2 Å². The van der Waals surface area contributed by atoms with E-state index in [0.717, 1.165) is 19.4 Å². The fourth-order valence-electron chi connectivity index (χ4n) is 3.08. The minimum atomic E-state index is -0.631. The number of carbonyl (C=O) groups is 1. The van der Waals surface area contributed by atoms with Crippen LogP contribution in [0.2, 0.25) is 0 Å². The summed E-state index contributed by atoms with van der Waals surface area (Å²) in [7, 11) is 0. The summed E-state index contributed by atoms with van der Waals surface area (Å²) < 4.78 is 18.6. The van der Waals surface area contributed by atoms with E-state index in [4.69, 9.17) is 4.74 Å². The van der Waals surface area contributed by atoms with Crippen LogP contribution in [-0.4, -0.2) is 42.6 Å². The first kappa shape index (κ1) is 18.7. The largest absolute Gasteiger partial charge is 0.481 e. The summed E-state index contributed by atoms with van der Waals surface area (Å²) in [6.07, 6.45) is 5.36. The second kappa shape index (κ2) is 9.62. The Kier molecular flexibility index (Phi) is 7.50. The van der Waals surface area contributed by atoms with Crippen LogP contribution in [0, 0.1) is 5.82 Å². The van der Waals surface area contributed by atoms with Gasteiger partial charge in [0.05, 0.1) is 0 Å². The molecule has 5 heteroatoms. The molecule has 0 spiro atoms. The first-order chi connectivity index (χ1) is 11.6. The number of piperidine rings is 1. The van der Waals surface area contributed by atoms with Gasteiger partial charge in [-0.15, -0.1) is 0 Å². The quantitative estimate of drug-likeness (QED) is 0.740. The highest BCUT2D eigenvalue weighted by Crippen LogP contribution is 2.16. The lowest BCUT2D eigenvalue weighted by Gasteiger charge is -2.33. The van der Waals surface area contributed by atoms with Crippen LogP contribution in [0.4, 0.5) is 4.39 Å². The molecule has 1 aliphatic rings. The Hall–Kier alpha value is -1.62. The van der Waals surface area contributed by atoms with Crippen LogP contribution in [-0.2, 0) is 4.79 Å². The van der Waals surface area contributed by atoms with Crippen LogP contribution in [0.3, 0.4) is 0 Å². The Morgan fingerprint density at radius 1 is 1.42 bits per heavy atom. The summed E-state index contributed by atoms with van der Waals surface area (Å²) in [5.74, 6) is -0.158. The highest BCUT2D eigenvalue weighted by Gasteiger charge is 2.17. The zero-order valence-electron chi connectivity index (χ0n) is 14.8. The molecule has 134 valence electrons. The number of unbranched alkanes of at least 4 members (excludes halogenated alkanes) is 1. The van der Waals surface area contributed by atoms with E-state index in [1.807, 2.05) is 0 Å². The van der Waals surface area contributed by atoms with Crippen molar-refractivity contribution in [3.63, 3.8) is 0 Å². The Morgan fingerprint density at radius 3 is 3.00 bits per heavy atom. The molecule has 0 saturated carbocycles. The number of halogens is 1. The molecule has 1 saturated heterocycles. The van der Waals surface area contributed by atoms with Crippen molar-refractivity contribution < 1.29 is 13.9 Å². The Balaban J connectivity index is 1.60. The van der Waals surface area contributed by atoms with Gasteiger partial charge in [0.25, 0.3) is 5.91 Å². The molecule has 24 heavy (non-hydrogen) atoms. The molecule has 0 aliphatic carbocycles. The summed E-state index contributed by atoms with van der Waals surface area (Å²) in [4.78, 5) is 14.6. The Labute approximate surface area is 144 Å². The number of amides is 1. The monoisotopic (exact) mass is 336 g/mol. The minimum Gasteiger partial charge on any atom is -0.481 e. The maximum absolute atomic E-state index is 13.1. The summed E-state index contributed by atoms with van der Waals surface area (Å²) in [5, 5.41) is 2.89. The number of benzene rings is 1. The molecule has 4 nitrogen and oxygen atoms in total. The molecule has 1 amide bonds. The smallest absolute Gasteiger partial charge is 0.260 e. The molecular formula is C19H29FN2O2. The van der Waals surface area contributed by atoms with Gasteiger partial charge in [0.15, 0.2) is 6.10 Å². The van der Waals surface area contributed by atoms with Gasteiger partial charge in [-0.2, -0.15) is 0 Å². The molecule has 0 aromatic heterocycles. The van der Waals surface area contributed by atoms with E-state index in [1.54, 1.807) is 19.1 Å². The first-order valence-corrected chi connectivity index (χ1v) is 9.00. The number of hydrogen-bond acceptors (Lipinski definition) is 3. The molecule has 1 aliphatic heterocycles. The normalized spacial score (nSPS) is 19.7. The van der Waals surface area contributed by atoms with Gasteiger partial charge in [-0.25, -0.2) is 4.39 Å². The molecule has 1 fully saturated rings. The third-order valence-corrected chi connectivity index (χ3v) is 4.59. The van der Waals surface area contributed by atoms with Crippen molar-refractivity contribution in [2.75, 3.05) is 19.6 Å². The number of ether oxygens (including phenoxy) is 1. The van der Waals surface area contributed by atoms with E-state index < -0.39 is 6.10 Å². The summed E-state index contributed by atoms with van der Waals surface area (Å²) in [6.45, 7) is 6.93. The number of nitrogens with zero attached hydrogens (tertiary/aromatic N) is 1. The van der Waals surface area contributed by atoms with Crippen LogP contribution in [0.5, 0.6) is 5.75 Å². The van der Waals surface area contributed by atoms with Crippen LogP contribution in [0.1, 0.15) is 46.0 Å². The summed E-state index contributed by atoms with van der Waals surface area (Å²) in [5.41, 5.74) is 0. The predicted molar refractivity (Wildman–Crippen MR) is 93.6 cm³/mol. The van der Waals surface area contributed by atoms with Gasteiger partial charge in [-0.1, -0.05) is 12.5 Å². The van der Waals surface area contributed by atoms with Crippen molar-refractivity contribution in [3.8, 4) is 5.75 Å². The number of nitrogens with one attached hydrogen (secondary N) is 1. The first-order valence-electron chi connectivity index (χ1n) is 9.00. The van der Waals surface area contributed by atoms with Crippen molar-refractivity contribution in [2.24, 2.45) is 0 Å². The molecule has 0 radical (unpaired) electrons. The maximum Gasteiger partial charge on any atom is 0.260 e. The number of hydrogen-bond donors (Lipinski definition) is 1. The molecule has 0 bridgehead atoms. The summed E-state index contributed by atoms with van der Waals surface area (Å²) >= 11 is 0. The van der Waals surface area contributed by atoms with Gasteiger partial charge in [0, 0.05) is 18.7 Å². The Bertz CT molecular complexity index is 524. The van der Waals surface area contributed by atoms with Crippen molar-refractivity contribution in [2.45, 2.75) is 58.1 Å². The highest BCUT2D eigenvalue weighted by atomic mass is 19.1. The van der Waals surface area contributed by atoms with Gasteiger partial charge in [-0.3, -0.25) is 4.79 Å². The topological polar surface area (TPSA) is 41.6 Å².